The Morgan fingerprint density at radius 2 is 1.60 bits per heavy atom. The van der Waals surface area contributed by atoms with E-state index in [0.29, 0.717) is 7.18 Å². The van der Waals surface area contributed by atoms with Crippen molar-refractivity contribution >= 4 is 0 Å². The lowest BCUT2D eigenvalue weighted by Crippen LogP contribution is -1.80. The quantitative estimate of drug-likeness (QED) is 0.531. The van der Waals surface area contributed by atoms with Crippen molar-refractivity contribution in [2.45, 2.75) is 0 Å². The van der Waals surface area contributed by atoms with Gasteiger partial charge >= 0.3 is 12.0 Å². The van der Waals surface area contributed by atoms with Crippen LogP contribution in [-0.2, 0) is 9.47 Å². The van der Waals surface area contributed by atoms with Gasteiger partial charge in [-0.1, -0.05) is 0 Å². The molecule has 0 bridgehead atoms. The molecular formula is C5H7F3O2. The van der Waals surface area contributed by atoms with Crippen LogP contribution in [0.3, 0.4) is 0 Å². The highest BCUT2D eigenvalue weighted by Gasteiger charge is 2.14. The first-order valence-corrected chi connectivity index (χ1v) is 2.49. The molecule has 1 saturated heterocycles. The highest BCUT2D eigenvalue weighted by atomic mass is 19.3. The van der Waals surface area contributed by atoms with Crippen molar-refractivity contribution in [1.82, 2.24) is 0 Å². The third-order valence-electron chi connectivity index (χ3n) is 0.704. The third kappa shape index (κ3) is 2.61. The van der Waals surface area contributed by atoms with E-state index in [4.69, 9.17) is 0 Å². The number of alkyl halides is 1. The van der Waals surface area contributed by atoms with Crippen molar-refractivity contribution in [3.05, 3.63) is 12.0 Å². The number of halogens is 3. The maximum atomic E-state index is 11.4. The Kier molecular flexibility index (Phi) is 4.53. The number of ether oxygens (including phenoxy) is 2. The Morgan fingerprint density at radius 3 is 1.80 bits per heavy atom. The predicted molar refractivity (Wildman–Crippen MR) is 28.2 cm³/mol. The Balaban J connectivity index is 0.000000371. The van der Waals surface area contributed by atoms with Gasteiger partial charge in [0.25, 0.3) is 0 Å². The maximum Gasteiger partial charge on any atom is 0.350 e. The highest BCUT2D eigenvalue weighted by Crippen LogP contribution is 2.14. The van der Waals surface area contributed by atoms with Gasteiger partial charge in [-0.25, -0.2) is 0 Å². The minimum absolute atomic E-state index is 0.229. The Morgan fingerprint density at radius 1 is 1.20 bits per heavy atom. The van der Waals surface area contributed by atoms with Crippen molar-refractivity contribution in [2.75, 3.05) is 20.4 Å². The fraction of sp³-hybridized carbons (Fsp3) is 0.600. The van der Waals surface area contributed by atoms with Crippen LogP contribution in [-0.4, -0.2) is 20.4 Å². The lowest BCUT2D eigenvalue weighted by molar-refractivity contribution is 0.140. The molecule has 0 saturated carbocycles. The van der Waals surface area contributed by atoms with Gasteiger partial charge in [-0.15, -0.1) is 0 Å². The molecule has 1 aliphatic heterocycles. The van der Waals surface area contributed by atoms with E-state index in [1.54, 1.807) is 0 Å². The van der Waals surface area contributed by atoms with Crippen LogP contribution in [0.15, 0.2) is 12.0 Å². The molecule has 0 aromatic rings. The van der Waals surface area contributed by atoms with E-state index < -0.39 is 12.0 Å². The average Bonchev–Trinajstić information content (AvgIpc) is 2.42. The molecule has 0 radical (unpaired) electrons. The zero-order valence-corrected chi connectivity index (χ0v) is 5.36. The van der Waals surface area contributed by atoms with E-state index in [2.05, 4.69) is 9.47 Å². The summed E-state index contributed by atoms with van der Waals surface area (Å²) in [7, 11) is 0.500. The van der Waals surface area contributed by atoms with E-state index >= 15 is 0 Å². The van der Waals surface area contributed by atoms with Gasteiger partial charge < -0.3 is 9.47 Å². The molecule has 1 aliphatic rings. The summed E-state index contributed by atoms with van der Waals surface area (Å²) < 4.78 is 40.9. The summed E-state index contributed by atoms with van der Waals surface area (Å²) in [6.45, 7) is 0.458. The van der Waals surface area contributed by atoms with Crippen LogP contribution >= 0.6 is 0 Å². The molecule has 1 heterocycles. The Labute approximate surface area is 56.2 Å². The largest absolute Gasteiger partial charge is 0.458 e. The second-order valence-corrected chi connectivity index (χ2v) is 1.24. The van der Waals surface area contributed by atoms with Gasteiger partial charge in [-0.3, -0.25) is 4.39 Å². The molecule has 1 rings (SSSR count). The van der Waals surface area contributed by atoms with Crippen LogP contribution in [0.5, 0.6) is 0 Å². The molecular weight excluding hydrogens is 149 g/mol. The van der Waals surface area contributed by atoms with Crippen LogP contribution in [0.25, 0.3) is 0 Å². The first-order valence-electron chi connectivity index (χ1n) is 2.49. The first kappa shape index (κ1) is 9.13. The smallest absolute Gasteiger partial charge is 0.350 e. The molecule has 10 heavy (non-hydrogen) atoms. The van der Waals surface area contributed by atoms with Crippen LogP contribution in [0, 0.1) is 0 Å². The first-order chi connectivity index (χ1) is 4.80. The van der Waals surface area contributed by atoms with Crippen molar-refractivity contribution in [2.24, 2.45) is 0 Å². The van der Waals surface area contributed by atoms with Crippen LogP contribution in [0.2, 0.25) is 0 Å². The summed E-state index contributed by atoms with van der Waals surface area (Å²) in [5.74, 6) is -0.620. The standard InChI is InChI=1S/C4H4F2O2.CH3F/c5-3(6)4-7-1-2-8-4;1-2/h1-2H2;1H3. The van der Waals surface area contributed by atoms with Crippen LogP contribution in [0.4, 0.5) is 13.2 Å². The van der Waals surface area contributed by atoms with Gasteiger partial charge in [-0.2, -0.15) is 8.78 Å². The summed E-state index contributed by atoms with van der Waals surface area (Å²) >= 11 is 0. The van der Waals surface area contributed by atoms with E-state index in [1.807, 2.05) is 0 Å². The van der Waals surface area contributed by atoms with Gasteiger partial charge in [0.05, 0.1) is 7.18 Å². The second kappa shape index (κ2) is 4.96. The second-order valence-electron chi connectivity index (χ2n) is 1.24. The van der Waals surface area contributed by atoms with Gasteiger partial charge in [0.15, 0.2) is 0 Å². The Hall–Kier alpha value is -0.870. The minimum Gasteiger partial charge on any atom is -0.458 e. The van der Waals surface area contributed by atoms with E-state index in [9.17, 15) is 13.2 Å². The Bertz CT molecular complexity index is 112. The summed E-state index contributed by atoms with van der Waals surface area (Å²) in [6, 6.07) is 0. The molecule has 0 atom stereocenters. The average molecular weight is 156 g/mol. The molecule has 1 fully saturated rings. The molecule has 2 nitrogen and oxygen atoms in total. The number of rotatable bonds is 0. The number of hydrogen-bond acceptors (Lipinski definition) is 2. The van der Waals surface area contributed by atoms with E-state index in [-0.39, 0.29) is 13.2 Å². The fourth-order valence-electron chi connectivity index (χ4n) is 0.420. The zero-order valence-electron chi connectivity index (χ0n) is 5.36. The summed E-state index contributed by atoms with van der Waals surface area (Å²) in [4.78, 5) is 0. The molecule has 0 aromatic carbocycles. The predicted octanol–water partition coefficient (Wildman–Crippen LogP) is 1.68. The summed E-state index contributed by atoms with van der Waals surface area (Å²) in [6.07, 6.45) is -1.89. The highest BCUT2D eigenvalue weighted by molar-refractivity contribution is 4.85. The maximum absolute atomic E-state index is 11.4. The monoisotopic (exact) mass is 156 g/mol. The normalized spacial score (nSPS) is 14.6. The molecule has 0 aromatic heterocycles. The van der Waals surface area contributed by atoms with E-state index in [1.165, 1.54) is 0 Å². The van der Waals surface area contributed by atoms with Crippen molar-refractivity contribution in [1.29, 1.82) is 0 Å². The van der Waals surface area contributed by atoms with Gasteiger partial charge in [-0.05, 0) is 0 Å². The number of hydrogen-bond donors (Lipinski definition) is 0. The fourth-order valence-corrected chi connectivity index (χ4v) is 0.420. The molecule has 0 amide bonds. The van der Waals surface area contributed by atoms with Crippen LogP contribution < -0.4 is 0 Å². The minimum atomic E-state index is -1.89. The summed E-state index contributed by atoms with van der Waals surface area (Å²) in [5, 5.41) is 0. The van der Waals surface area contributed by atoms with Crippen molar-refractivity contribution in [3.8, 4) is 0 Å². The van der Waals surface area contributed by atoms with Gasteiger partial charge in [0.2, 0.25) is 0 Å². The lowest BCUT2D eigenvalue weighted by atomic mass is 10.8. The molecule has 0 unspecified atom stereocenters. The zero-order chi connectivity index (χ0) is 7.98. The molecule has 60 valence electrons. The van der Waals surface area contributed by atoms with Crippen LogP contribution in [0.1, 0.15) is 0 Å². The van der Waals surface area contributed by atoms with Crippen molar-refractivity contribution < 1.29 is 22.6 Å². The third-order valence-corrected chi connectivity index (χ3v) is 0.704. The summed E-state index contributed by atoms with van der Waals surface area (Å²) in [5.41, 5.74) is 0. The SMILES string of the molecule is CF.FC(F)=C1OCCO1. The van der Waals surface area contributed by atoms with Gasteiger partial charge in [0, 0.05) is 0 Å². The van der Waals surface area contributed by atoms with Gasteiger partial charge in [0.1, 0.15) is 13.2 Å². The van der Waals surface area contributed by atoms with Crippen molar-refractivity contribution in [3.63, 3.8) is 0 Å². The molecule has 0 N–H and O–H groups in total. The topological polar surface area (TPSA) is 18.5 Å². The molecule has 0 spiro atoms. The van der Waals surface area contributed by atoms with E-state index in [0.717, 1.165) is 0 Å². The molecule has 0 aliphatic carbocycles. The molecule has 5 heteroatoms. The lowest BCUT2D eigenvalue weighted by Gasteiger charge is -1.90.